The molecule has 2 atom stereocenters. The summed E-state index contributed by atoms with van der Waals surface area (Å²) < 4.78 is 5.44. The SMILES string of the molecule is NNC(c1cccc2nccnc12)C1CCOC1. The van der Waals surface area contributed by atoms with Gasteiger partial charge in [-0.05, 0) is 18.1 Å². The summed E-state index contributed by atoms with van der Waals surface area (Å²) in [5, 5.41) is 0. The molecule has 5 heteroatoms. The first-order valence-electron chi connectivity index (χ1n) is 6.13. The van der Waals surface area contributed by atoms with Gasteiger partial charge >= 0.3 is 0 Å². The van der Waals surface area contributed by atoms with Crippen LogP contribution in [0.25, 0.3) is 11.0 Å². The lowest BCUT2D eigenvalue weighted by atomic mass is 9.92. The molecule has 2 heterocycles. The average Bonchev–Trinajstić information content (AvgIpc) is 2.94. The van der Waals surface area contributed by atoms with Crippen molar-refractivity contribution in [3.05, 3.63) is 36.2 Å². The van der Waals surface area contributed by atoms with E-state index in [1.165, 1.54) is 0 Å². The number of rotatable bonds is 3. The molecule has 5 nitrogen and oxygen atoms in total. The Kier molecular flexibility index (Phi) is 3.19. The fourth-order valence-corrected chi connectivity index (χ4v) is 2.56. The van der Waals surface area contributed by atoms with E-state index in [0.29, 0.717) is 5.92 Å². The minimum Gasteiger partial charge on any atom is -0.381 e. The van der Waals surface area contributed by atoms with Crippen LogP contribution >= 0.6 is 0 Å². The Balaban J connectivity index is 2.06. The van der Waals surface area contributed by atoms with Crippen LogP contribution in [-0.4, -0.2) is 23.2 Å². The van der Waals surface area contributed by atoms with Crippen molar-refractivity contribution in [3.8, 4) is 0 Å². The third kappa shape index (κ3) is 1.96. The molecule has 2 aromatic rings. The molecule has 0 radical (unpaired) electrons. The van der Waals surface area contributed by atoms with Gasteiger partial charge in [0.1, 0.15) is 0 Å². The maximum Gasteiger partial charge on any atom is 0.0935 e. The molecule has 94 valence electrons. The molecule has 1 saturated heterocycles. The van der Waals surface area contributed by atoms with E-state index < -0.39 is 0 Å². The summed E-state index contributed by atoms with van der Waals surface area (Å²) in [6.45, 7) is 1.55. The zero-order valence-corrected chi connectivity index (χ0v) is 10.0. The van der Waals surface area contributed by atoms with E-state index in [2.05, 4.69) is 21.5 Å². The van der Waals surface area contributed by atoms with Crippen LogP contribution < -0.4 is 11.3 Å². The summed E-state index contributed by atoms with van der Waals surface area (Å²) in [4.78, 5) is 8.75. The smallest absolute Gasteiger partial charge is 0.0935 e. The predicted molar refractivity (Wildman–Crippen MR) is 68.5 cm³/mol. The Morgan fingerprint density at radius 2 is 2.22 bits per heavy atom. The number of nitrogens with two attached hydrogens (primary N) is 1. The van der Waals surface area contributed by atoms with Gasteiger partial charge in [-0.2, -0.15) is 0 Å². The maximum absolute atomic E-state index is 5.72. The van der Waals surface area contributed by atoms with Crippen LogP contribution in [0.2, 0.25) is 0 Å². The second-order valence-corrected chi connectivity index (χ2v) is 4.54. The van der Waals surface area contributed by atoms with E-state index in [0.717, 1.165) is 36.2 Å². The molecule has 1 aromatic heterocycles. The molecule has 1 aliphatic heterocycles. The highest BCUT2D eigenvalue weighted by Gasteiger charge is 2.27. The van der Waals surface area contributed by atoms with E-state index >= 15 is 0 Å². The highest BCUT2D eigenvalue weighted by Crippen LogP contribution is 2.31. The number of hydrazine groups is 1. The van der Waals surface area contributed by atoms with Crippen LogP contribution in [0.3, 0.4) is 0 Å². The topological polar surface area (TPSA) is 73.1 Å². The van der Waals surface area contributed by atoms with Crippen molar-refractivity contribution in [1.82, 2.24) is 15.4 Å². The molecule has 3 rings (SSSR count). The minimum absolute atomic E-state index is 0.0629. The van der Waals surface area contributed by atoms with Crippen molar-refractivity contribution in [1.29, 1.82) is 0 Å². The predicted octanol–water partition coefficient (Wildman–Crippen LogP) is 1.17. The molecule has 1 aliphatic rings. The van der Waals surface area contributed by atoms with Gasteiger partial charge in [0.15, 0.2) is 0 Å². The van der Waals surface area contributed by atoms with Gasteiger partial charge in [-0.15, -0.1) is 0 Å². The van der Waals surface area contributed by atoms with Gasteiger partial charge in [-0.25, -0.2) is 0 Å². The average molecular weight is 244 g/mol. The number of hydrogen-bond acceptors (Lipinski definition) is 5. The quantitative estimate of drug-likeness (QED) is 0.626. The van der Waals surface area contributed by atoms with Crippen LogP contribution in [-0.2, 0) is 4.74 Å². The molecule has 0 saturated carbocycles. The number of benzene rings is 1. The van der Waals surface area contributed by atoms with Gasteiger partial charge in [-0.3, -0.25) is 21.2 Å². The first-order chi connectivity index (χ1) is 8.90. The number of para-hydroxylation sites is 1. The summed E-state index contributed by atoms with van der Waals surface area (Å²) >= 11 is 0. The Hall–Kier alpha value is -1.56. The Labute approximate surface area is 105 Å². The van der Waals surface area contributed by atoms with Gasteiger partial charge in [0.05, 0.1) is 23.7 Å². The van der Waals surface area contributed by atoms with Gasteiger partial charge in [0.25, 0.3) is 0 Å². The molecule has 0 aliphatic carbocycles. The van der Waals surface area contributed by atoms with E-state index in [4.69, 9.17) is 10.6 Å². The number of aromatic nitrogens is 2. The highest BCUT2D eigenvalue weighted by atomic mass is 16.5. The van der Waals surface area contributed by atoms with Crippen LogP contribution in [0.5, 0.6) is 0 Å². The first-order valence-corrected chi connectivity index (χ1v) is 6.13. The zero-order valence-electron chi connectivity index (χ0n) is 10.0. The number of nitrogens with zero attached hydrogens (tertiary/aromatic N) is 2. The second kappa shape index (κ2) is 4.97. The third-order valence-corrected chi connectivity index (χ3v) is 3.48. The van der Waals surface area contributed by atoms with Gasteiger partial charge in [0.2, 0.25) is 0 Å². The van der Waals surface area contributed by atoms with Crippen LogP contribution in [0.4, 0.5) is 0 Å². The number of nitrogens with one attached hydrogen (secondary N) is 1. The molecular weight excluding hydrogens is 228 g/mol. The highest BCUT2D eigenvalue weighted by molar-refractivity contribution is 5.78. The van der Waals surface area contributed by atoms with Crippen molar-refractivity contribution < 1.29 is 4.74 Å². The van der Waals surface area contributed by atoms with E-state index in [9.17, 15) is 0 Å². The lowest BCUT2D eigenvalue weighted by Gasteiger charge is -2.22. The first kappa shape index (κ1) is 11.5. The lowest BCUT2D eigenvalue weighted by molar-refractivity contribution is 0.177. The van der Waals surface area contributed by atoms with E-state index in [1.54, 1.807) is 12.4 Å². The fourth-order valence-electron chi connectivity index (χ4n) is 2.56. The van der Waals surface area contributed by atoms with Gasteiger partial charge < -0.3 is 4.74 Å². The third-order valence-electron chi connectivity index (χ3n) is 3.48. The monoisotopic (exact) mass is 244 g/mol. The maximum atomic E-state index is 5.72. The molecule has 0 amide bonds. The van der Waals surface area contributed by atoms with Crippen molar-refractivity contribution in [2.45, 2.75) is 12.5 Å². The van der Waals surface area contributed by atoms with E-state index in [1.807, 2.05) is 12.1 Å². The second-order valence-electron chi connectivity index (χ2n) is 4.54. The van der Waals surface area contributed by atoms with Crippen molar-refractivity contribution >= 4 is 11.0 Å². The van der Waals surface area contributed by atoms with E-state index in [-0.39, 0.29) is 6.04 Å². The minimum atomic E-state index is 0.0629. The normalized spacial score (nSPS) is 21.3. The van der Waals surface area contributed by atoms with Crippen molar-refractivity contribution in [2.24, 2.45) is 11.8 Å². The Morgan fingerprint density at radius 1 is 1.33 bits per heavy atom. The van der Waals surface area contributed by atoms with Crippen LogP contribution in [0, 0.1) is 5.92 Å². The van der Waals surface area contributed by atoms with Crippen molar-refractivity contribution in [2.75, 3.05) is 13.2 Å². The summed E-state index contributed by atoms with van der Waals surface area (Å²) in [5.74, 6) is 6.11. The summed E-state index contributed by atoms with van der Waals surface area (Å²) in [7, 11) is 0. The van der Waals surface area contributed by atoms with Gasteiger partial charge in [-0.1, -0.05) is 12.1 Å². The largest absolute Gasteiger partial charge is 0.381 e. The molecule has 1 aromatic carbocycles. The summed E-state index contributed by atoms with van der Waals surface area (Å²) in [6, 6.07) is 6.07. The standard InChI is InChI=1S/C13H16N4O/c14-17-12(9-4-7-18-8-9)10-2-1-3-11-13(10)16-6-5-15-11/h1-3,5-6,9,12,17H,4,7-8,14H2. The number of hydrogen-bond donors (Lipinski definition) is 2. The van der Waals surface area contributed by atoms with Crippen LogP contribution in [0.15, 0.2) is 30.6 Å². The van der Waals surface area contributed by atoms with Crippen molar-refractivity contribution in [3.63, 3.8) is 0 Å². The summed E-state index contributed by atoms with van der Waals surface area (Å²) in [6.07, 6.45) is 4.44. The Morgan fingerprint density at radius 3 is 3.00 bits per heavy atom. The number of ether oxygens (including phenoxy) is 1. The molecule has 2 unspecified atom stereocenters. The molecule has 18 heavy (non-hydrogen) atoms. The molecule has 0 bridgehead atoms. The number of fused-ring (bicyclic) bond motifs is 1. The molecular formula is C13H16N4O. The van der Waals surface area contributed by atoms with Gasteiger partial charge in [0, 0.05) is 24.9 Å². The lowest BCUT2D eigenvalue weighted by Crippen LogP contribution is -2.34. The Bertz CT molecular complexity index is 534. The van der Waals surface area contributed by atoms with Crippen LogP contribution in [0.1, 0.15) is 18.0 Å². The molecule has 3 N–H and O–H groups in total. The fraction of sp³-hybridized carbons (Fsp3) is 0.385. The summed E-state index contributed by atoms with van der Waals surface area (Å²) in [5.41, 5.74) is 5.81. The molecule has 0 spiro atoms. The zero-order chi connectivity index (χ0) is 12.4. The molecule has 1 fully saturated rings.